The molecule has 0 aliphatic carbocycles. The van der Waals surface area contributed by atoms with Crippen molar-refractivity contribution in [2.24, 2.45) is 0 Å². The van der Waals surface area contributed by atoms with Crippen molar-refractivity contribution in [2.45, 2.75) is 20.2 Å². The van der Waals surface area contributed by atoms with Gasteiger partial charge in [-0.1, -0.05) is 6.05 Å². The van der Waals surface area contributed by atoms with Gasteiger partial charge in [-0.15, -0.1) is 0 Å². The Kier molecular flexibility index (Phi) is 4.24. The fraction of sp³-hybridized carbons (Fsp3) is 0.269. The molecule has 0 aliphatic rings. The number of nitriles is 1. The van der Waals surface area contributed by atoms with Crippen LogP contribution in [0.1, 0.15) is 38.6 Å². The number of hydrogen-bond acceptors (Lipinski definition) is 6. The second kappa shape index (κ2) is 10.7. The van der Waals surface area contributed by atoms with Crippen LogP contribution < -0.4 is 10.1 Å². The highest BCUT2D eigenvalue weighted by molar-refractivity contribution is 5.98. The molecule has 3 rings (SSSR count). The molecule has 1 aromatic heterocycles. The topological polar surface area (TPSA) is 78.2 Å². The van der Waals surface area contributed by atoms with Crippen molar-refractivity contribution in [1.82, 2.24) is 9.88 Å². The summed E-state index contributed by atoms with van der Waals surface area (Å²) in [6, 6.07) is 3.41. The second-order valence-electron chi connectivity index (χ2n) is 7.10. The van der Waals surface area contributed by atoms with Crippen molar-refractivity contribution in [3.8, 4) is 11.8 Å². The van der Waals surface area contributed by atoms with Gasteiger partial charge in [0, 0.05) is 48.6 Å². The van der Waals surface area contributed by atoms with Crippen LogP contribution in [0.5, 0.6) is 5.75 Å². The molecule has 0 spiro atoms. The average molecular weight is 458 g/mol. The third-order valence-electron chi connectivity index (χ3n) is 4.36. The number of anilines is 2. The Bertz CT molecular complexity index is 1720. The van der Waals surface area contributed by atoms with Gasteiger partial charge >= 0.3 is 0 Å². The number of allylic oxidation sites excluding steroid dienone is 1. The fourth-order valence-corrected chi connectivity index (χ4v) is 2.87. The minimum atomic E-state index is -3.43. The number of carbonyl (C=O) groups excluding carboxylic acids is 1. The minimum Gasteiger partial charge on any atom is -0.494 e. The van der Waals surface area contributed by atoms with Gasteiger partial charge in [0.2, 0.25) is 0 Å². The predicted molar refractivity (Wildman–Crippen MR) is 128 cm³/mol. The van der Waals surface area contributed by atoms with E-state index >= 15 is 0 Å². The van der Waals surface area contributed by atoms with Gasteiger partial charge in [-0.3, -0.25) is 9.78 Å². The SMILES string of the molecule is [2H]/C(=C\C(=O)Cc1c(OC([2H])([2H])C([2H])([2H])[2H])c([2H])c2nc([2H])c(C#N)c(Nc3ccc(F)c(C)c3)c2c1[2H])C([2H])([2H])N(C)C. The van der Waals surface area contributed by atoms with Crippen LogP contribution in [0.15, 0.2) is 48.6 Å². The lowest BCUT2D eigenvalue weighted by atomic mass is 10.0. The smallest absolute Gasteiger partial charge is 0.159 e. The van der Waals surface area contributed by atoms with Gasteiger partial charge in [0.25, 0.3) is 0 Å². The molecule has 0 saturated carbocycles. The third-order valence-corrected chi connectivity index (χ3v) is 4.36. The molecule has 3 aromatic rings. The van der Waals surface area contributed by atoms with Crippen molar-refractivity contribution < 1.29 is 29.0 Å². The Balaban J connectivity index is 2.40. The fourth-order valence-electron chi connectivity index (χ4n) is 2.87. The highest BCUT2D eigenvalue weighted by Crippen LogP contribution is 2.34. The summed E-state index contributed by atoms with van der Waals surface area (Å²) in [5.74, 6) is -2.35. The number of rotatable bonds is 9. The number of nitrogens with one attached hydrogen (secondary N) is 1. The molecule has 6 nitrogen and oxygen atoms in total. The van der Waals surface area contributed by atoms with Crippen LogP contribution in [0, 0.1) is 24.1 Å². The first-order valence-electron chi connectivity index (χ1n) is 15.1. The molecule has 2 aromatic carbocycles. The number of ketones is 1. The Morgan fingerprint density at radius 2 is 2.30 bits per heavy atom. The van der Waals surface area contributed by atoms with E-state index in [0.29, 0.717) is 6.08 Å². The van der Waals surface area contributed by atoms with Gasteiger partial charge in [0.15, 0.2) is 5.78 Å². The number of ether oxygens (including phenoxy) is 1. The molecule has 0 atom stereocenters. The number of benzene rings is 2. The van der Waals surface area contributed by atoms with Crippen molar-refractivity contribution in [1.29, 1.82) is 5.26 Å². The summed E-state index contributed by atoms with van der Waals surface area (Å²) in [6.45, 7) is -7.71. The van der Waals surface area contributed by atoms with Crippen LogP contribution >= 0.6 is 0 Å². The van der Waals surface area contributed by atoms with Gasteiger partial charge in [0.1, 0.15) is 17.6 Å². The van der Waals surface area contributed by atoms with Crippen LogP contribution in [-0.2, 0) is 11.2 Å². The summed E-state index contributed by atoms with van der Waals surface area (Å²) in [5.41, 5.74) is -1.14. The first kappa shape index (κ1) is 13.1. The molecule has 0 aliphatic heterocycles. The molecule has 0 saturated heterocycles. The molecule has 0 radical (unpaired) electrons. The van der Waals surface area contributed by atoms with E-state index in [1.807, 2.05) is 0 Å². The predicted octanol–water partition coefficient (Wildman–Crippen LogP) is 4.93. The molecule has 170 valence electrons. The van der Waals surface area contributed by atoms with Crippen LogP contribution in [-0.4, -0.2) is 42.8 Å². The Morgan fingerprint density at radius 1 is 1.48 bits per heavy atom. The van der Waals surface area contributed by atoms with Crippen molar-refractivity contribution >= 4 is 28.1 Å². The highest BCUT2D eigenvalue weighted by Gasteiger charge is 2.16. The summed E-state index contributed by atoms with van der Waals surface area (Å²) in [6.07, 6.45) is -0.893. The quantitative estimate of drug-likeness (QED) is 0.459. The molecule has 0 unspecified atom stereocenters. The number of aryl methyl sites for hydroxylation is 1. The molecule has 0 fully saturated rings. The zero-order valence-corrected chi connectivity index (χ0v) is 18.1. The standard InChI is InChI=1S/C26H27FN4O2/c1-5-33-25-14-24-22(13-18(25)12-21(32)7-6-10-31(3)4)26(19(15-28)16-29-24)30-20-8-9-23(27)17(2)11-20/h6-9,11,13-14,16H,5,10,12H2,1-4H3,(H,29,30)/b7-6+/i1D3,5D2,6D,10D2,13D,14D,16D. The molecule has 1 N–H and O–H groups in total. The van der Waals surface area contributed by atoms with Crippen LogP contribution in [0.2, 0.25) is 0 Å². The van der Waals surface area contributed by atoms with E-state index in [9.17, 15) is 14.4 Å². The minimum absolute atomic E-state index is 0.216. The van der Waals surface area contributed by atoms with E-state index in [2.05, 4.69) is 10.3 Å². The number of likely N-dealkylation sites (N-methyl/N-ethyl adjacent to an activating group) is 1. The van der Waals surface area contributed by atoms with Crippen LogP contribution in [0.3, 0.4) is 0 Å². The number of carbonyl (C=O) groups is 1. The first-order valence-corrected chi connectivity index (χ1v) is 9.61. The van der Waals surface area contributed by atoms with Crippen molar-refractivity contribution in [2.75, 3.05) is 32.5 Å². The maximum atomic E-state index is 13.9. The summed E-state index contributed by atoms with van der Waals surface area (Å²) < 4.78 is 108. The number of fused-ring (bicyclic) bond motifs is 1. The Morgan fingerprint density at radius 3 is 3.00 bits per heavy atom. The molecular weight excluding hydrogens is 419 g/mol. The summed E-state index contributed by atoms with van der Waals surface area (Å²) in [7, 11) is 2.68. The van der Waals surface area contributed by atoms with Crippen molar-refractivity contribution in [3.05, 3.63) is 71.1 Å². The largest absolute Gasteiger partial charge is 0.494 e. The molecule has 0 bridgehead atoms. The van der Waals surface area contributed by atoms with Gasteiger partial charge < -0.3 is 15.0 Å². The van der Waals surface area contributed by atoms with E-state index < -0.39 is 79.1 Å². The molecular formula is C26H27FN4O2. The highest BCUT2D eigenvalue weighted by atomic mass is 19.1. The third kappa shape index (κ3) is 5.93. The summed E-state index contributed by atoms with van der Waals surface area (Å²) in [5, 5.41) is 12.4. The summed E-state index contributed by atoms with van der Waals surface area (Å²) in [4.78, 5) is 18.1. The average Bonchev–Trinajstić information content (AvgIpc) is 2.90. The van der Waals surface area contributed by atoms with Crippen LogP contribution in [0.25, 0.3) is 10.9 Å². The normalized spacial score (nSPS) is 17.6. The lowest BCUT2D eigenvalue weighted by Gasteiger charge is -2.15. The molecule has 0 amide bonds. The zero-order chi connectivity index (χ0) is 33.5. The van der Waals surface area contributed by atoms with E-state index in [-0.39, 0.29) is 27.9 Å². The second-order valence-corrected chi connectivity index (χ2v) is 7.10. The number of pyridine rings is 1. The van der Waals surface area contributed by atoms with Gasteiger partial charge in [-0.2, -0.15) is 5.26 Å². The number of aromatic nitrogens is 1. The van der Waals surface area contributed by atoms with E-state index in [1.54, 1.807) is 6.07 Å². The van der Waals surface area contributed by atoms with Gasteiger partial charge in [0.05, 0.1) is 31.6 Å². The molecule has 1 heterocycles. The lowest BCUT2D eigenvalue weighted by Crippen LogP contribution is -2.11. The van der Waals surface area contributed by atoms with Gasteiger partial charge in [-0.05, 0) is 63.8 Å². The summed E-state index contributed by atoms with van der Waals surface area (Å²) >= 11 is 0. The Hall–Kier alpha value is -3.76. The maximum Gasteiger partial charge on any atom is 0.159 e. The van der Waals surface area contributed by atoms with Gasteiger partial charge in [-0.25, -0.2) is 4.39 Å². The van der Waals surface area contributed by atoms with Crippen LogP contribution in [0.4, 0.5) is 15.8 Å². The lowest BCUT2D eigenvalue weighted by molar-refractivity contribution is -0.114. The zero-order valence-electron chi connectivity index (χ0n) is 29.1. The van der Waals surface area contributed by atoms with E-state index in [0.717, 1.165) is 11.0 Å². The van der Waals surface area contributed by atoms with Crippen molar-refractivity contribution in [3.63, 3.8) is 0 Å². The number of halogens is 1. The van der Waals surface area contributed by atoms with E-state index in [1.165, 1.54) is 33.2 Å². The number of hydrogen-bond donors (Lipinski definition) is 1. The van der Waals surface area contributed by atoms with E-state index in [4.69, 9.17) is 19.8 Å². The monoisotopic (exact) mass is 457 g/mol. The molecule has 33 heavy (non-hydrogen) atoms. The number of nitrogens with zero attached hydrogens (tertiary/aromatic N) is 3. The maximum absolute atomic E-state index is 13.9. The first-order chi connectivity index (χ1) is 20.1. The molecule has 7 heteroatoms. The Labute approximate surface area is 208 Å².